The van der Waals surface area contributed by atoms with Gasteiger partial charge in [0.1, 0.15) is 0 Å². The largest absolute Gasteiger partial charge is 0.396 e. The Morgan fingerprint density at radius 3 is 1.16 bits per heavy atom. The molecular formula is C13H10Cl4N2. The van der Waals surface area contributed by atoms with E-state index in [1.54, 1.807) is 24.3 Å². The third kappa shape index (κ3) is 3.21. The molecule has 0 aliphatic rings. The van der Waals surface area contributed by atoms with Crippen LogP contribution >= 0.6 is 46.4 Å². The Hall–Kier alpha value is -0.800. The summed E-state index contributed by atoms with van der Waals surface area (Å²) >= 11 is 24.0. The first kappa shape index (κ1) is 14.6. The fourth-order valence-corrected chi connectivity index (χ4v) is 2.78. The van der Waals surface area contributed by atoms with Gasteiger partial charge in [-0.1, -0.05) is 46.4 Å². The molecule has 0 aliphatic heterocycles. The predicted octanol–water partition coefficient (Wildman–Crippen LogP) is 5.06. The lowest BCUT2D eigenvalue weighted by Gasteiger charge is -2.09. The number of halogens is 4. The minimum atomic E-state index is 0.375. The first-order chi connectivity index (χ1) is 8.88. The van der Waals surface area contributed by atoms with Crippen LogP contribution < -0.4 is 11.5 Å². The molecule has 0 atom stereocenters. The summed E-state index contributed by atoms with van der Waals surface area (Å²) in [6.45, 7) is 0. The van der Waals surface area contributed by atoms with Gasteiger partial charge in [0.2, 0.25) is 0 Å². The second-order valence-electron chi connectivity index (χ2n) is 4.12. The minimum Gasteiger partial charge on any atom is -0.396 e. The Labute approximate surface area is 131 Å². The van der Waals surface area contributed by atoms with Crippen molar-refractivity contribution in [1.82, 2.24) is 0 Å². The molecule has 4 N–H and O–H groups in total. The molecule has 0 heterocycles. The van der Waals surface area contributed by atoms with Gasteiger partial charge in [-0.25, -0.2) is 0 Å². The van der Waals surface area contributed by atoms with E-state index in [-0.39, 0.29) is 0 Å². The SMILES string of the molecule is Nc1c(Cl)cc(Cc2cc(Cl)c(N)c(Cl)c2)cc1Cl. The molecule has 2 rings (SSSR count). The van der Waals surface area contributed by atoms with Crippen molar-refractivity contribution in [3.8, 4) is 0 Å². The molecule has 0 fully saturated rings. The number of anilines is 2. The maximum atomic E-state index is 5.99. The third-order valence-corrected chi connectivity index (χ3v) is 3.94. The zero-order chi connectivity index (χ0) is 14.2. The minimum absolute atomic E-state index is 0.375. The van der Waals surface area contributed by atoms with Crippen molar-refractivity contribution in [2.45, 2.75) is 6.42 Å². The maximum absolute atomic E-state index is 5.99. The number of hydrogen-bond acceptors (Lipinski definition) is 2. The summed E-state index contributed by atoms with van der Waals surface area (Å²) < 4.78 is 0. The summed E-state index contributed by atoms with van der Waals surface area (Å²) in [5.41, 5.74) is 14.0. The summed E-state index contributed by atoms with van der Waals surface area (Å²) in [5, 5.41) is 1.70. The first-order valence-corrected chi connectivity index (χ1v) is 6.86. The second kappa shape index (κ2) is 5.68. The van der Waals surface area contributed by atoms with Crippen molar-refractivity contribution in [3.05, 3.63) is 55.5 Å². The van der Waals surface area contributed by atoms with E-state index in [1.165, 1.54) is 0 Å². The Morgan fingerprint density at radius 1 is 0.632 bits per heavy atom. The van der Waals surface area contributed by atoms with Gasteiger partial charge in [-0.15, -0.1) is 0 Å². The molecule has 0 radical (unpaired) electrons. The number of rotatable bonds is 2. The van der Waals surface area contributed by atoms with Crippen LogP contribution in [0.5, 0.6) is 0 Å². The Balaban J connectivity index is 2.36. The average Bonchev–Trinajstić information content (AvgIpc) is 2.33. The molecule has 0 spiro atoms. The molecule has 2 nitrogen and oxygen atoms in total. The van der Waals surface area contributed by atoms with E-state index in [2.05, 4.69) is 0 Å². The lowest BCUT2D eigenvalue weighted by molar-refractivity contribution is 1.19. The van der Waals surface area contributed by atoms with Crippen LogP contribution in [-0.4, -0.2) is 0 Å². The van der Waals surface area contributed by atoms with E-state index < -0.39 is 0 Å². The van der Waals surface area contributed by atoms with Crippen molar-refractivity contribution in [3.63, 3.8) is 0 Å². The average molecular weight is 336 g/mol. The lowest BCUT2D eigenvalue weighted by atomic mass is 10.0. The van der Waals surface area contributed by atoms with Gasteiger partial charge >= 0.3 is 0 Å². The van der Waals surface area contributed by atoms with E-state index in [9.17, 15) is 0 Å². The van der Waals surface area contributed by atoms with Crippen LogP contribution in [0.4, 0.5) is 11.4 Å². The van der Waals surface area contributed by atoms with Gasteiger partial charge in [-0.2, -0.15) is 0 Å². The van der Waals surface area contributed by atoms with Gasteiger partial charge in [-0.05, 0) is 41.8 Å². The fourth-order valence-electron chi connectivity index (χ4n) is 1.71. The summed E-state index contributed by atoms with van der Waals surface area (Å²) in [5.74, 6) is 0. The molecule has 0 aliphatic carbocycles. The van der Waals surface area contributed by atoms with Crippen LogP contribution in [0.3, 0.4) is 0 Å². The van der Waals surface area contributed by atoms with Gasteiger partial charge in [0.25, 0.3) is 0 Å². The normalized spacial score (nSPS) is 10.7. The highest BCUT2D eigenvalue weighted by atomic mass is 35.5. The molecule has 0 saturated heterocycles. The van der Waals surface area contributed by atoms with Crippen LogP contribution in [-0.2, 0) is 6.42 Å². The van der Waals surface area contributed by atoms with Crippen LogP contribution in [0.25, 0.3) is 0 Å². The molecule has 19 heavy (non-hydrogen) atoms. The predicted molar refractivity (Wildman–Crippen MR) is 84.6 cm³/mol. The summed E-state index contributed by atoms with van der Waals surface area (Å²) in [4.78, 5) is 0. The third-order valence-electron chi connectivity index (χ3n) is 2.69. The molecule has 2 aromatic carbocycles. The van der Waals surface area contributed by atoms with Crippen molar-refractivity contribution in [2.24, 2.45) is 0 Å². The van der Waals surface area contributed by atoms with E-state index >= 15 is 0 Å². The summed E-state index contributed by atoms with van der Waals surface area (Å²) in [6.07, 6.45) is 0.583. The Morgan fingerprint density at radius 2 is 0.895 bits per heavy atom. The summed E-state index contributed by atoms with van der Waals surface area (Å²) in [6, 6.07) is 7.06. The van der Waals surface area contributed by atoms with Gasteiger partial charge in [0, 0.05) is 0 Å². The molecule has 0 amide bonds. The van der Waals surface area contributed by atoms with Gasteiger partial charge in [0.05, 0.1) is 31.5 Å². The Kier molecular flexibility index (Phi) is 4.36. The highest BCUT2D eigenvalue weighted by Crippen LogP contribution is 2.32. The molecule has 6 heteroatoms. The van der Waals surface area contributed by atoms with E-state index in [1.807, 2.05) is 0 Å². The quantitative estimate of drug-likeness (QED) is 0.754. The van der Waals surface area contributed by atoms with Gasteiger partial charge in [0.15, 0.2) is 0 Å². The number of nitrogen functional groups attached to an aromatic ring is 2. The molecule has 2 aromatic rings. The van der Waals surface area contributed by atoms with Crippen LogP contribution in [0.2, 0.25) is 20.1 Å². The monoisotopic (exact) mass is 334 g/mol. The fraction of sp³-hybridized carbons (Fsp3) is 0.0769. The summed E-state index contributed by atoms with van der Waals surface area (Å²) in [7, 11) is 0. The number of nitrogens with two attached hydrogens (primary N) is 2. The highest BCUT2D eigenvalue weighted by Gasteiger charge is 2.08. The zero-order valence-electron chi connectivity index (χ0n) is 9.68. The van der Waals surface area contributed by atoms with Gasteiger partial charge < -0.3 is 11.5 Å². The molecule has 0 aromatic heterocycles. The second-order valence-corrected chi connectivity index (χ2v) is 5.75. The van der Waals surface area contributed by atoms with E-state index in [4.69, 9.17) is 57.9 Å². The molecule has 0 saturated carbocycles. The lowest BCUT2D eigenvalue weighted by Crippen LogP contribution is -1.95. The van der Waals surface area contributed by atoms with E-state index in [0.29, 0.717) is 37.9 Å². The van der Waals surface area contributed by atoms with Crippen LogP contribution in [0.1, 0.15) is 11.1 Å². The maximum Gasteiger partial charge on any atom is 0.0693 e. The standard InChI is InChI=1S/C13H10Cl4N2/c14-8-2-6(3-9(15)12(8)18)1-7-4-10(16)13(19)11(17)5-7/h2-5H,1,18-19H2. The number of hydrogen-bond donors (Lipinski definition) is 2. The van der Waals surface area contributed by atoms with Crippen molar-refractivity contribution >= 4 is 57.8 Å². The van der Waals surface area contributed by atoms with Crippen LogP contribution in [0, 0.1) is 0 Å². The molecule has 0 unspecified atom stereocenters. The Bertz CT molecular complexity index is 539. The zero-order valence-corrected chi connectivity index (χ0v) is 12.7. The van der Waals surface area contributed by atoms with Crippen LogP contribution in [0.15, 0.2) is 24.3 Å². The van der Waals surface area contributed by atoms with Crippen molar-refractivity contribution in [2.75, 3.05) is 11.5 Å². The van der Waals surface area contributed by atoms with Crippen molar-refractivity contribution in [1.29, 1.82) is 0 Å². The smallest absolute Gasteiger partial charge is 0.0693 e. The molecule has 100 valence electrons. The topological polar surface area (TPSA) is 52.0 Å². The van der Waals surface area contributed by atoms with Gasteiger partial charge in [-0.3, -0.25) is 0 Å². The first-order valence-electron chi connectivity index (χ1n) is 5.35. The van der Waals surface area contributed by atoms with E-state index in [0.717, 1.165) is 11.1 Å². The highest BCUT2D eigenvalue weighted by molar-refractivity contribution is 6.39. The molecule has 0 bridgehead atoms. The molecular weight excluding hydrogens is 326 g/mol. The van der Waals surface area contributed by atoms with Crippen molar-refractivity contribution < 1.29 is 0 Å². The number of benzene rings is 2.